The van der Waals surface area contributed by atoms with Gasteiger partial charge in [-0.3, -0.25) is 4.79 Å². The molecule has 0 aliphatic rings. The van der Waals surface area contributed by atoms with Crippen LogP contribution in [0.3, 0.4) is 0 Å². The van der Waals surface area contributed by atoms with Gasteiger partial charge >= 0.3 is 5.97 Å². The van der Waals surface area contributed by atoms with Gasteiger partial charge in [-0.15, -0.1) is 0 Å². The highest BCUT2D eigenvalue weighted by atomic mass is 16.5. The van der Waals surface area contributed by atoms with Crippen LogP contribution in [0.2, 0.25) is 0 Å². The van der Waals surface area contributed by atoms with Gasteiger partial charge in [0.1, 0.15) is 0 Å². The standard InChI is InChI=1S/C22H22N4O3/c1-3-26(15-16-7-5-4-6-8-16)22-23-13-18(14-24-22)20(27)25-19-11-9-17(10-12-19)21(28)29-2/h4-14H,3,15H2,1-2H3,(H,25,27). The zero-order valence-corrected chi connectivity index (χ0v) is 16.3. The molecule has 0 saturated heterocycles. The molecule has 0 aliphatic carbocycles. The van der Waals surface area contributed by atoms with Gasteiger partial charge in [0, 0.05) is 31.2 Å². The number of nitrogens with zero attached hydrogens (tertiary/aromatic N) is 3. The second-order valence-electron chi connectivity index (χ2n) is 6.29. The van der Waals surface area contributed by atoms with E-state index >= 15 is 0 Å². The number of hydrogen-bond donors (Lipinski definition) is 1. The predicted molar refractivity (Wildman–Crippen MR) is 111 cm³/mol. The zero-order chi connectivity index (χ0) is 20.6. The Morgan fingerprint density at radius 3 is 2.21 bits per heavy atom. The van der Waals surface area contributed by atoms with Crippen LogP contribution in [0.4, 0.5) is 11.6 Å². The number of carbonyl (C=O) groups excluding carboxylic acids is 2. The van der Waals surface area contributed by atoms with Crippen LogP contribution < -0.4 is 10.2 Å². The number of rotatable bonds is 7. The van der Waals surface area contributed by atoms with E-state index in [1.165, 1.54) is 19.5 Å². The topological polar surface area (TPSA) is 84.4 Å². The number of methoxy groups -OCH3 is 1. The van der Waals surface area contributed by atoms with Crippen molar-refractivity contribution in [2.24, 2.45) is 0 Å². The SMILES string of the molecule is CCN(Cc1ccccc1)c1ncc(C(=O)Nc2ccc(C(=O)OC)cc2)cn1. The molecule has 3 rings (SSSR count). The van der Waals surface area contributed by atoms with Gasteiger partial charge in [0.25, 0.3) is 5.91 Å². The van der Waals surface area contributed by atoms with Crippen LogP contribution in [0, 0.1) is 0 Å². The van der Waals surface area contributed by atoms with Crippen LogP contribution in [-0.4, -0.2) is 35.5 Å². The number of aromatic nitrogens is 2. The van der Waals surface area contributed by atoms with Crippen molar-refractivity contribution in [1.29, 1.82) is 0 Å². The lowest BCUT2D eigenvalue weighted by molar-refractivity contribution is 0.0600. The minimum Gasteiger partial charge on any atom is -0.465 e. The van der Waals surface area contributed by atoms with E-state index in [1.54, 1.807) is 24.3 Å². The first-order valence-corrected chi connectivity index (χ1v) is 9.21. The van der Waals surface area contributed by atoms with Gasteiger partial charge in [-0.05, 0) is 36.8 Å². The first-order chi connectivity index (χ1) is 14.1. The van der Waals surface area contributed by atoms with E-state index < -0.39 is 5.97 Å². The van der Waals surface area contributed by atoms with Gasteiger partial charge in [0.15, 0.2) is 0 Å². The Balaban J connectivity index is 1.65. The average molecular weight is 390 g/mol. The fraction of sp³-hybridized carbons (Fsp3) is 0.182. The van der Waals surface area contributed by atoms with Gasteiger partial charge < -0.3 is 15.0 Å². The molecule has 0 fully saturated rings. The second kappa shape index (κ2) is 9.45. The minimum atomic E-state index is -0.428. The van der Waals surface area contributed by atoms with Crippen molar-refractivity contribution >= 4 is 23.5 Å². The van der Waals surface area contributed by atoms with Crippen LogP contribution in [0.25, 0.3) is 0 Å². The number of nitrogens with one attached hydrogen (secondary N) is 1. The maximum Gasteiger partial charge on any atom is 0.337 e. The maximum absolute atomic E-state index is 12.4. The molecule has 0 atom stereocenters. The molecule has 3 aromatic rings. The summed E-state index contributed by atoms with van der Waals surface area (Å²) in [6.45, 7) is 3.47. The highest BCUT2D eigenvalue weighted by molar-refractivity contribution is 6.04. The molecule has 1 heterocycles. The Labute approximate surface area is 169 Å². The highest BCUT2D eigenvalue weighted by Gasteiger charge is 2.12. The van der Waals surface area contributed by atoms with Crippen molar-refractivity contribution in [3.63, 3.8) is 0 Å². The van der Waals surface area contributed by atoms with E-state index in [2.05, 4.69) is 32.2 Å². The molecule has 1 amide bonds. The smallest absolute Gasteiger partial charge is 0.337 e. The van der Waals surface area contributed by atoms with Crippen LogP contribution in [-0.2, 0) is 11.3 Å². The largest absolute Gasteiger partial charge is 0.465 e. The van der Waals surface area contributed by atoms with Gasteiger partial charge in [-0.1, -0.05) is 30.3 Å². The highest BCUT2D eigenvalue weighted by Crippen LogP contribution is 2.14. The number of anilines is 2. The Bertz CT molecular complexity index is 958. The molecule has 0 unspecified atom stereocenters. The quantitative estimate of drug-likeness (QED) is 0.621. The van der Waals surface area contributed by atoms with E-state index in [-0.39, 0.29) is 5.91 Å². The molecule has 148 valence electrons. The lowest BCUT2D eigenvalue weighted by atomic mass is 10.2. The van der Waals surface area contributed by atoms with Crippen molar-refractivity contribution in [3.05, 3.63) is 83.7 Å². The third-order valence-electron chi connectivity index (χ3n) is 4.35. The molecule has 7 nitrogen and oxygen atoms in total. The summed E-state index contributed by atoms with van der Waals surface area (Å²) in [7, 11) is 1.32. The molecular formula is C22H22N4O3. The van der Waals surface area contributed by atoms with Crippen molar-refractivity contribution < 1.29 is 14.3 Å². The van der Waals surface area contributed by atoms with Crippen LogP contribution in [0.15, 0.2) is 67.0 Å². The average Bonchev–Trinajstić information content (AvgIpc) is 2.78. The monoisotopic (exact) mass is 390 g/mol. The summed E-state index contributed by atoms with van der Waals surface area (Å²) in [5.41, 5.74) is 2.49. The Hall–Kier alpha value is -3.74. The summed E-state index contributed by atoms with van der Waals surface area (Å²) in [5, 5.41) is 2.76. The number of benzene rings is 2. The predicted octanol–water partition coefficient (Wildman–Crippen LogP) is 3.54. The number of carbonyl (C=O) groups is 2. The lowest BCUT2D eigenvalue weighted by Crippen LogP contribution is -2.24. The first kappa shape index (κ1) is 20.0. The maximum atomic E-state index is 12.4. The lowest BCUT2D eigenvalue weighted by Gasteiger charge is -2.20. The fourth-order valence-electron chi connectivity index (χ4n) is 2.74. The molecule has 0 bridgehead atoms. The van der Waals surface area contributed by atoms with Gasteiger partial charge in [0.2, 0.25) is 5.95 Å². The number of amides is 1. The summed E-state index contributed by atoms with van der Waals surface area (Å²) in [6.07, 6.45) is 3.02. The summed E-state index contributed by atoms with van der Waals surface area (Å²) in [5.74, 6) is -0.188. The molecular weight excluding hydrogens is 368 g/mol. The summed E-state index contributed by atoms with van der Waals surface area (Å²) in [6, 6.07) is 16.5. The molecule has 0 saturated carbocycles. The van der Waals surface area contributed by atoms with Crippen molar-refractivity contribution in [2.45, 2.75) is 13.5 Å². The molecule has 2 aromatic carbocycles. The van der Waals surface area contributed by atoms with Crippen LogP contribution in [0.5, 0.6) is 0 Å². The number of esters is 1. The third-order valence-corrected chi connectivity index (χ3v) is 4.35. The van der Waals surface area contributed by atoms with Crippen LogP contribution >= 0.6 is 0 Å². The fourth-order valence-corrected chi connectivity index (χ4v) is 2.74. The van der Waals surface area contributed by atoms with E-state index in [1.807, 2.05) is 30.0 Å². The van der Waals surface area contributed by atoms with Gasteiger partial charge in [0.05, 0.1) is 18.2 Å². The minimum absolute atomic E-state index is 0.325. The summed E-state index contributed by atoms with van der Waals surface area (Å²) in [4.78, 5) is 34.6. The third kappa shape index (κ3) is 5.16. The molecule has 29 heavy (non-hydrogen) atoms. The van der Waals surface area contributed by atoms with Crippen molar-refractivity contribution in [1.82, 2.24) is 9.97 Å². The number of hydrogen-bond acceptors (Lipinski definition) is 6. The number of ether oxygens (including phenoxy) is 1. The molecule has 0 radical (unpaired) electrons. The second-order valence-corrected chi connectivity index (χ2v) is 6.29. The molecule has 7 heteroatoms. The van der Waals surface area contributed by atoms with Crippen LogP contribution in [0.1, 0.15) is 33.2 Å². The summed E-state index contributed by atoms with van der Waals surface area (Å²) < 4.78 is 4.66. The normalized spacial score (nSPS) is 10.3. The summed E-state index contributed by atoms with van der Waals surface area (Å²) >= 11 is 0. The van der Waals surface area contributed by atoms with E-state index in [0.29, 0.717) is 29.3 Å². The van der Waals surface area contributed by atoms with E-state index in [9.17, 15) is 9.59 Å². The first-order valence-electron chi connectivity index (χ1n) is 9.21. The molecule has 0 spiro atoms. The zero-order valence-electron chi connectivity index (χ0n) is 16.3. The molecule has 1 N–H and O–H groups in total. The molecule has 0 aliphatic heterocycles. The Kier molecular flexibility index (Phi) is 6.52. The van der Waals surface area contributed by atoms with Crippen molar-refractivity contribution in [2.75, 3.05) is 23.9 Å². The van der Waals surface area contributed by atoms with Gasteiger partial charge in [-0.25, -0.2) is 14.8 Å². The molecule has 1 aromatic heterocycles. The van der Waals surface area contributed by atoms with E-state index in [0.717, 1.165) is 12.1 Å². The van der Waals surface area contributed by atoms with Crippen molar-refractivity contribution in [3.8, 4) is 0 Å². The van der Waals surface area contributed by atoms with E-state index in [4.69, 9.17) is 0 Å². The van der Waals surface area contributed by atoms with Gasteiger partial charge in [-0.2, -0.15) is 0 Å². The Morgan fingerprint density at radius 2 is 1.62 bits per heavy atom. The Morgan fingerprint density at radius 1 is 0.966 bits per heavy atom.